The Bertz CT molecular complexity index is 675. The third-order valence-corrected chi connectivity index (χ3v) is 5.43. The first-order valence-electron chi connectivity index (χ1n) is 8.75. The van der Waals surface area contributed by atoms with Gasteiger partial charge in [-0.15, -0.1) is 11.3 Å². The van der Waals surface area contributed by atoms with Gasteiger partial charge < -0.3 is 5.32 Å². The average Bonchev–Trinajstić information content (AvgIpc) is 2.86. The monoisotopic (exact) mass is 359 g/mol. The minimum Gasteiger partial charge on any atom is -0.345 e. The highest BCUT2D eigenvalue weighted by Gasteiger charge is 2.27. The summed E-state index contributed by atoms with van der Waals surface area (Å²) in [6.45, 7) is 8.45. The Morgan fingerprint density at radius 2 is 1.84 bits per heavy atom. The molecule has 2 aromatic rings. The molecule has 1 N–H and O–H groups in total. The number of likely N-dealkylation sites (N-methyl/N-ethyl adjacent to an activating group) is 1. The van der Waals surface area contributed by atoms with Gasteiger partial charge in [0.25, 0.3) is 0 Å². The summed E-state index contributed by atoms with van der Waals surface area (Å²) in [7, 11) is 3.87. The van der Waals surface area contributed by atoms with Gasteiger partial charge in [-0.2, -0.15) is 0 Å². The van der Waals surface area contributed by atoms with Crippen LogP contribution < -0.4 is 5.32 Å². The predicted molar refractivity (Wildman–Crippen MR) is 105 cm³/mol. The number of hydrogen-bond donors (Lipinski definition) is 1. The first-order chi connectivity index (χ1) is 11.8. The maximum absolute atomic E-state index is 13.1. The van der Waals surface area contributed by atoms with Crippen molar-refractivity contribution >= 4 is 17.2 Å². The van der Waals surface area contributed by atoms with Crippen molar-refractivity contribution in [2.45, 2.75) is 46.2 Å². The Hall–Kier alpha value is -1.72. The molecule has 1 aromatic heterocycles. The SMILES string of the molecule is Cc1nc(C(CC(C)C)NC(=O)C(c2ccccc2)N(C)C)sc1C. The minimum absolute atomic E-state index is 0.0207. The molecule has 0 saturated heterocycles. The van der Waals surface area contributed by atoms with Crippen molar-refractivity contribution in [2.24, 2.45) is 5.92 Å². The van der Waals surface area contributed by atoms with Crippen molar-refractivity contribution in [3.63, 3.8) is 0 Å². The Morgan fingerprint density at radius 3 is 2.32 bits per heavy atom. The second-order valence-electron chi connectivity index (χ2n) is 7.16. The van der Waals surface area contributed by atoms with Gasteiger partial charge in [0, 0.05) is 4.88 Å². The van der Waals surface area contributed by atoms with Crippen LogP contribution in [0.3, 0.4) is 0 Å². The van der Waals surface area contributed by atoms with Gasteiger partial charge in [-0.05, 0) is 45.8 Å². The molecule has 0 bridgehead atoms. The molecule has 1 amide bonds. The van der Waals surface area contributed by atoms with Crippen molar-refractivity contribution in [2.75, 3.05) is 14.1 Å². The van der Waals surface area contributed by atoms with Gasteiger partial charge in [0.15, 0.2) is 0 Å². The number of benzene rings is 1. The summed E-state index contributed by atoms with van der Waals surface area (Å²) in [6.07, 6.45) is 0.882. The summed E-state index contributed by atoms with van der Waals surface area (Å²) >= 11 is 1.68. The van der Waals surface area contributed by atoms with E-state index in [1.807, 2.05) is 56.3 Å². The summed E-state index contributed by atoms with van der Waals surface area (Å²) in [5, 5.41) is 4.25. The van der Waals surface area contributed by atoms with Crippen molar-refractivity contribution in [3.05, 3.63) is 51.5 Å². The van der Waals surface area contributed by atoms with Crippen LogP contribution in [0.4, 0.5) is 0 Å². The molecule has 0 aliphatic carbocycles. The minimum atomic E-state index is -0.307. The molecular weight excluding hydrogens is 330 g/mol. The number of aromatic nitrogens is 1. The van der Waals surface area contributed by atoms with E-state index >= 15 is 0 Å². The van der Waals surface area contributed by atoms with E-state index in [0.29, 0.717) is 5.92 Å². The molecule has 136 valence electrons. The molecule has 5 heteroatoms. The van der Waals surface area contributed by atoms with E-state index in [1.165, 1.54) is 4.88 Å². The Balaban J connectivity index is 2.25. The third kappa shape index (κ3) is 5.13. The number of nitrogens with one attached hydrogen (secondary N) is 1. The quantitative estimate of drug-likeness (QED) is 0.803. The van der Waals surface area contributed by atoms with Gasteiger partial charge in [-0.3, -0.25) is 9.69 Å². The zero-order chi connectivity index (χ0) is 18.6. The number of nitrogens with zero attached hydrogens (tertiary/aromatic N) is 2. The van der Waals surface area contributed by atoms with E-state index in [-0.39, 0.29) is 18.0 Å². The lowest BCUT2D eigenvalue weighted by atomic mass is 10.0. The van der Waals surface area contributed by atoms with Crippen molar-refractivity contribution in [3.8, 4) is 0 Å². The summed E-state index contributed by atoms with van der Waals surface area (Å²) in [5.74, 6) is 0.497. The van der Waals surface area contributed by atoms with E-state index in [0.717, 1.165) is 22.7 Å². The molecule has 2 atom stereocenters. The number of carbonyl (C=O) groups excluding carboxylic acids is 1. The number of thiazole rings is 1. The van der Waals surface area contributed by atoms with Crippen molar-refractivity contribution in [1.29, 1.82) is 0 Å². The highest BCUT2D eigenvalue weighted by Crippen LogP contribution is 2.29. The largest absolute Gasteiger partial charge is 0.345 e. The van der Waals surface area contributed by atoms with Gasteiger partial charge in [0.05, 0.1) is 11.7 Å². The third-order valence-electron chi connectivity index (χ3n) is 4.25. The number of hydrogen-bond acceptors (Lipinski definition) is 4. The van der Waals surface area contributed by atoms with Gasteiger partial charge >= 0.3 is 0 Å². The normalized spacial score (nSPS) is 13.9. The van der Waals surface area contributed by atoms with Crippen LogP contribution in [0, 0.1) is 19.8 Å². The van der Waals surface area contributed by atoms with E-state index in [1.54, 1.807) is 11.3 Å². The van der Waals surface area contributed by atoms with Crippen LogP contribution in [0.25, 0.3) is 0 Å². The van der Waals surface area contributed by atoms with Gasteiger partial charge in [-0.25, -0.2) is 4.98 Å². The molecule has 0 aliphatic rings. The lowest BCUT2D eigenvalue weighted by molar-refractivity contribution is -0.126. The molecule has 0 aliphatic heterocycles. The second kappa shape index (κ2) is 8.59. The molecule has 0 radical (unpaired) electrons. The highest BCUT2D eigenvalue weighted by atomic mass is 32.1. The van der Waals surface area contributed by atoms with Crippen LogP contribution in [0.15, 0.2) is 30.3 Å². The molecule has 1 aromatic carbocycles. The summed E-state index contributed by atoms with van der Waals surface area (Å²) in [5.41, 5.74) is 2.05. The average molecular weight is 360 g/mol. The molecule has 4 nitrogen and oxygen atoms in total. The zero-order valence-corrected chi connectivity index (χ0v) is 16.9. The molecule has 25 heavy (non-hydrogen) atoms. The molecule has 0 fully saturated rings. The lowest BCUT2D eigenvalue weighted by Gasteiger charge is -2.27. The predicted octanol–water partition coefficient (Wildman–Crippen LogP) is 4.27. The van der Waals surface area contributed by atoms with E-state index in [9.17, 15) is 4.79 Å². The fraction of sp³-hybridized carbons (Fsp3) is 0.500. The number of aryl methyl sites for hydroxylation is 2. The van der Waals surface area contributed by atoms with Crippen LogP contribution in [0.5, 0.6) is 0 Å². The van der Waals surface area contributed by atoms with Gasteiger partial charge in [-0.1, -0.05) is 44.2 Å². The standard InChI is InChI=1S/C20H29N3OS/c1-13(2)12-17(20-21-14(3)15(4)25-20)22-19(24)18(23(5)6)16-10-8-7-9-11-16/h7-11,13,17-18H,12H2,1-6H3,(H,22,24). The number of carbonyl (C=O) groups is 1. The van der Waals surface area contributed by atoms with E-state index in [4.69, 9.17) is 0 Å². The fourth-order valence-corrected chi connectivity index (χ4v) is 3.90. The van der Waals surface area contributed by atoms with Crippen LogP contribution in [-0.2, 0) is 4.79 Å². The Kier molecular flexibility index (Phi) is 6.73. The molecule has 1 heterocycles. The fourth-order valence-electron chi connectivity index (χ4n) is 2.91. The number of amides is 1. The molecule has 2 unspecified atom stereocenters. The van der Waals surface area contributed by atoms with E-state index in [2.05, 4.69) is 31.1 Å². The maximum Gasteiger partial charge on any atom is 0.242 e. The summed E-state index contributed by atoms with van der Waals surface area (Å²) < 4.78 is 0. The van der Waals surface area contributed by atoms with Crippen molar-refractivity contribution in [1.82, 2.24) is 15.2 Å². The maximum atomic E-state index is 13.1. The zero-order valence-electron chi connectivity index (χ0n) is 16.0. The lowest BCUT2D eigenvalue weighted by Crippen LogP contribution is -2.39. The molecule has 0 spiro atoms. The van der Waals surface area contributed by atoms with Crippen LogP contribution >= 0.6 is 11.3 Å². The smallest absolute Gasteiger partial charge is 0.242 e. The summed E-state index contributed by atoms with van der Waals surface area (Å²) in [4.78, 5) is 20.9. The topological polar surface area (TPSA) is 45.2 Å². The van der Waals surface area contributed by atoms with Crippen molar-refractivity contribution < 1.29 is 4.79 Å². The first kappa shape index (κ1) is 19.6. The van der Waals surface area contributed by atoms with Crippen LogP contribution in [0.1, 0.15) is 53.5 Å². The van der Waals surface area contributed by atoms with Gasteiger partial charge in [0.1, 0.15) is 11.0 Å². The molecule has 0 saturated carbocycles. The van der Waals surface area contributed by atoms with Gasteiger partial charge in [0.2, 0.25) is 5.91 Å². The molecular formula is C20H29N3OS. The van der Waals surface area contributed by atoms with E-state index < -0.39 is 0 Å². The Morgan fingerprint density at radius 1 is 1.20 bits per heavy atom. The Labute approximate surface area is 155 Å². The first-order valence-corrected chi connectivity index (χ1v) is 9.57. The summed E-state index contributed by atoms with van der Waals surface area (Å²) in [6, 6.07) is 9.56. The highest BCUT2D eigenvalue weighted by molar-refractivity contribution is 7.11. The second-order valence-corrected chi connectivity index (χ2v) is 8.40. The number of rotatable bonds is 7. The van der Waals surface area contributed by atoms with Crippen LogP contribution in [-0.4, -0.2) is 29.9 Å². The molecule has 2 rings (SSSR count). The van der Waals surface area contributed by atoms with Crippen LogP contribution in [0.2, 0.25) is 0 Å².